The minimum atomic E-state index is -0.942. The maximum absolute atomic E-state index is 9.50. The third kappa shape index (κ3) is 2.91. The maximum Gasteiger partial charge on any atom is 0.226 e. The van der Waals surface area contributed by atoms with Gasteiger partial charge in [0.1, 0.15) is 23.7 Å². The smallest absolute Gasteiger partial charge is 0.226 e. The zero-order valence-corrected chi connectivity index (χ0v) is 9.56. The van der Waals surface area contributed by atoms with E-state index in [9.17, 15) is 10.2 Å². The van der Waals surface area contributed by atoms with Crippen LogP contribution < -0.4 is 9.47 Å². The van der Waals surface area contributed by atoms with Crippen molar-refractivity contribution in [2.75, 3.05) is 13.2 Å². The first-order valence-electron chi connectivity index (χ1n) is 5.75. The Morgan fingerprint density at radius 3 is 1.50 bits per heavy atom. The van der Waals surface area contributed by atoms with Gasteiger partial charge in [0, 0.05) is 0 Å². The normalized spacial score (nSPS) is 28.3. The Hall–Kier alpha value is -1.34. The molecule has 0 radical (unpaired) electrons. The first-order valence-corrected chi connectivity index (χ1v) is 5.75. The minimum absolute atomic E-state index is 0.227. The summed E-state index contributed by atoms with van der Waals surface area (Å²) in [6.45, 7) is 1.05. The largest absolute Gasteiger partial charge is 0.462 e. The number of rotatable bonds is 6. The first-order chi connectivity index (χ1) is 8.72. The quantitative estimate of drug-likeness (QED) is 0.544. The van der Waals surface area contributed by atoms with Crippen LogP contribution in [0.1, 0.15) is 0 Å². The fourth-order valence-electron chi connectivity index (χ4n) is 1.47. The molecule has 6 heteroatoms. The Kier molecular flexibility index (Phi) is 3.09. The average Bonchev–Trinajstić information content (AvgIpc) is 3.22. The fraction of sp³-hybridized carbons (Fsp3) is 0.500. The third-order valence-electron chi connectivity index (χ3n) is 2.69. The van der Waals surface area contributed by atoms with Crippen molar-refractivity contribution in [2.24, 2.45) is 0 Å². The highest BCUT2D eigenvalue weighted by Crippen LogP contribution is 2.24. The molecule has 2 N–H and O–H groups in total. The lowest BCUT2D eigenvalue weighted by molar-refractivity contribution is -0.0394. The molecule has 2 heterocycles. The van der Waals surface area contributed by atoms with Gasteiger partial charge in [0.25, 0.3) is 0 Å². The number of aliphatic hydroxyl groups is 2. The summed E-state index contributed by atoms with van der Waals surface area (Å²) in [6.07, 6.45) is -2.34. The molecule has 0 bridgehead atoms. The number of hydrogen-bond donors (Lipinski definition) is 2. The van der Waals surface area contributed by atoms with Gasteiger partial charge >= 0.3 is 0 Å². The first kappa shape index (κ1) is 11.7. The average molecular weight is 254 g/mol. The summed E-state index contributed by atoms with van der Waals surface area (Å²) in [7, 11) is 0. The van der Waals surface area contributed by atoms with E-state index in [0.717, 1.165) is 0 Å². The Bertz CT molecular complexity index is 359. The Morgan fingerprint density at radius 1 is 0.889 bits per heavy atom. The summed E-state index contributed by atoms with van der Waals surface area (Å²) < 4.78 is 20.3. The SMILES string of the molecule is OC(Oc1ccc(OC(O)C2CO2)cc1)C1CO1. The lowest BCUT2D eigenvalue weighted by Crippen LogP contribution is -2.23. The summed E-state index contributed by atoms with van der Waals surface area (Å²) in [5.74, 6) is 1.03. The number of aliphatic hydroxyl groups excluding tert-OH is 2. The summed E-state index contributed by atoms with van der Waals surface area (Å²) >= 11 is 0. The molecule has 4 atom stereocenters. The topological polar surface area (TPSA) is 84.0 Å². The summed E-state index contributed by atoms with van der Waals surface area (Å²) in [4.78, 5) is 0. The van der Waals surface area contributed by atoms with Crippen molar-refractivity contribution in [3.63, 3.8) is 0 Å². The molecule has 6 nitrogen and oxygen atoms in total. The van der Waals surface area contributed by atoms with Gasteiger partial charge in [-0.1, -0.05) is 0 Å². The van der Waals surface area contributed by atoms with Crippen molar-refractivity contribution >= 4 is 0 Å². The van der Waals surface area contributed by atoms with Gasteiger partial charge in [0.2, 0.25) is 12.6 Å². The number of epoxide rings is 2. The lowest BCUT2D eigenvalue weighted by atomic mass is 10.3. The van der Waals surface area contributed by atoms with E-state index in [-0.39, 0.29) is 12.2 Å². The molecular weight excluding hydrogens is 240 g/mol. The van der Waals surface area contributed by atoms with Gasteiger partial charge in [-0.2, -0.15) is 0 Å². The number of benzene rings is 1. The van der Waals surface area contributed by atoms with Crippen LogP contribution in [0.25, 0.3) is 0 Å². The number of hydrogen-bond acceptors (Lipinski definition) is 6. The molecular formula is C12H14O6. The van der Waals surface area contributed by atoms with Crippen LogP contribution in [0, 0.1) is 0 Å². The standard InChI is InChI=1S/C12H14O6/c13-11(9-5-15-9)17-7-1-2-8(4-3-7)18-12(14)10-6-16-10/h1-4,9-14H,5-6H2. The van der Waals surface area contributed by atoms with Gasteiger partial charge < -0.3 is 29.2 Å². The van der Waals surface area contributed by atoms with Crippen molar-refractivity contribution in [2.45, 2.75) is 24.8 Å². The third-order valence-corrected chi connectivity index (χ3v) is 2.69. The minimum Gasteiger partial charge on any atom is -0.462 e. The van der Waals surface area contributed by atoms with Crippen molar-refractivity contribution < 1.29 is 29.2 Å². The molecule has 0 spiro atoms. The van der Waals surface area contributed by atoms with E-state index >= 15 is 0 Å². The van der Waals surface area contributed by atoms with Crippen LogP contribution in [0.3, 0.4) is 0 Å². The second-order valence-corrected chi connectivity index (χ2v) is 4.23. The molecule has 0 amide bonds. The van der Waals surface area contributed by atoms with Crippen molar-refractivity contribution in [1.82, 2.24) is 0 Å². The molecule has 2 aliphatic heterocycles. The highest BCUT2D eigenvalue weighted by Gasteiger charge is 2.34. The second-order valence-electron chi connectivity index (χ2n) is 4.23. The Morgan fingerprint density at radius 2 is 1.22 bits per heavy atom. The molecule has 4 unspecified atom stereocenters. The van der Waals surface area contributed by atoms with E-state index in [4.69, 9.17) is 18.9 Å². The lowest BCUT2D eigenvalue weighted by Gasteiger charge is -2.13. The predicted molar refractivity (Wildman–Crippen MR) is 59.2 cm³/mol. The van der Waals surface area contributed by atoms with E-state index in [2.05, 4.69) is 0 Å². The zero-order chi connectivity index (χ0) is 12.5. The van der Waals surface area contributed by atoms with Crippen molar-refractivity contribution in [3.05, 3.63) is 24.3 Å². The Labute approximate surface area is 104 Å². The van der Waals surface area contributed by atoms with Crippen LogP contribution in [-0.4, -0.2) is 48.2 Å². The maximum atomic E-state index is 9.50. The summed E-state index contributed by atoms with van der Waals surface area (Å²) in [5, 5.41) is 19.0. The van der Waals surface area contributed by atoms with E-state index in [1.165, 1.54) is 0 Å². The summed E-state index contributed by atoms with van der Waals surface area (Å²) in [5.41, 5.74) is 0. The molecule has 1 aromatic rings. The molecule has 3 rings (SSSR count). The molecule has 0 aromatic heterocycles. The number of ether oxygens (including phenoxy) is 4. The molecule has 0 aliphatic carbocycles. The van der Waals surface area contributed by atoms with Crippen LogP contribution in [-0.2, 0) is 9.47 Å². The van der Waals surface area contributed by atoms with Gasteiger partial charge in [0.05, 0.1) is 13.2 Å². The van der Waals surface area contributed by atoms with Crippen LogP contribution in [0.4, 0.5) is 0 Å². The molecule has 2 fully saturated rings. The van der Waals surface area contributed by atoms with Crippen molar-refractivity contribution in [1.29, 1.82) is 0 Å². The van der Waals surface area contributed by atoms with Crippen LogP contribution in [0.15, 0.2) is 24.3 Å². The highest BCUT2D eigenvalue weighted by atomic mass is 16.7. The molecule has 98 valence electrons. The molecule has 2 aliphatic rings. The van der Waals surface area contributed by atoms with Gasteiger partial charge in [0.15, 0.2) is 0 Å². The monoisotopic (exact) mass is 254 g/mol. The van der Waals surface area contributed by atoms with Gasteiger partial charge in [-0.25, -0.2) is 0 Å². The highest BCUT2D eigenvalue weighted by molar-refractivity contribution is 5.31. The molecule has 0 saturated carbocycles. The van der Waals surface area contributed by atoms with Gasteiger partial charge in [-0.15, -0.1) is 0 Å². The summed E-state index contributed by atoms with van der Waals surface area (Å²) in [6, 6.07) is 6.62. The van der Waals surface area contributed by atoms with E-state index in [1.54, 1.807) is 24.3 Å². The van der Waals surface area contributed by atoms with E-state index in [0.29, 0.717) is 24.7 Å². The van der Waals surface area contributed by atoms with Crippen LogP contribution in [0.2, 0.25) is 0 Å². The molecule has 2 saturated heterocycles. The predicted octanol–water partition coefficient (Wildman–Crippen LogP) is -0.121. The van der Waals surface area contributed by atoms with Crippen LogP contribution in [0.5, 0.6) is 11.5 Å². The molecule has 1 aromatic carbocycles. The van der Waals surface area contributed by atoms with E-state index in [1.807, 2.05) is 0 Å². The van der Waals surface area contributed by atoms with Gasteiger partial charge in [-0.3, -0.25) is 0 Å². The van der Waals surface area contributed by atoms with E-state index < -0.39 is 12.6 Å². The van der Waals surface area contributed by atoms with Gasteiger partial charge in [-0.05, 0) is 24.3 Å². The molecule has 18 heavy (non-hydrogen) atoms. The van der Waals surface area contributed by atoms with Crippen molar-refractivity contribution in [3.8, 4) is 11.5 Å². The Balaban J connectivity index is 1.54. The fourth-order valence-corrected chi connectivity index (χ4v) is 1.47. The zero-order valence-electron chi connectivity index (χ0n) is 9.56. The van der Waals surface area contributed by atoms with Crippen LogP contribution >= 0.6 is 0 Å². The second kappa shape index (κ2) is 4.74.